The molecule has 0 bridgehead atoms. The molecule has 1 fully saturated rings. The molecule has 21 heavy (non-hydrogen) atoms. The quantitative estimate of drug-likeness (QED) is 0.922. The van der Waals surface area contributed by atoms with Crippen LogP contribution in [0.5, 0.6) is 0 Å². The van der Waals surface area contributed by atoms with Crippen LogP contribution in [0, 0.1) is 0 Å². The van der Waals surface area contributed by atoms with Gasteiger partial charge in [0.15, 0.2) is 0 Å². The second kappa shape index (κ2) is 6.61. The number of benzene rings is 1. The van der Waals surface area contributed by atoms with Gasteiger partial charge in [-0.1, -0.05) is 45.0 Å². The number of likely N-dealkylation sites (N-methyl/N-ethyl adjacent to an activating group) is 1. The molecule has 1 N–H and O–H groups in total. The minimum atomic E-state index is 0.177. The molecular weight excluding hydrogens is 260 g/mol. The molecule has 0 radical (unpaired) electrons. The first-order valence-electron chi connectivity index (χ1n) is 7.97. The van der Waals surface area contributed by atoms with Gasteiger partial charge in [0, 0.05) is 25.6 Å². The number of hydrogen-bond acceptors (Lipinski definition) is 2. The van der Waals surface area contributed by atoms with Gasteiger partial charge in [0.1, 0.15) is 0 Å². The molecule has 1 aromatic carbocycles. The van der Waals surface area contributed by atoms with Crippen molar-refractivity contribution in [2.24, 2.45) is 0 Å². The molecule has 0 spiro atoms. The molecule has 1 saturated heterocycles. The lowest BCUT2D eigenvalue weighted by Crippen LogP contribution is -2.40. The summed E-state index contributed by atoms with van der Waals surface area (Å²) in [5.74, 6) is 0.299. The first-order chi connectivity index (χ1) is 9.91. The predicted molar refractivity (Wildman–Crippen MR) is 87.4 cm³/mol. The highest BCUT2D eigenvalue weighted by molar-refractivity contribution is 5.76. The second-order valence-corrected chi connectivity index (χ2v) is 7.01. The van der Waals surface area contributed by atoms with Crippen LogP contribution in [0.1, 0.15) is 57.2 Å². The molecule has 1 atom stereocenters. The lowest BCUT2D eigenvalue weighted by atomic mass is 9.86. The summed E-state index contributed by atoms with van der Waals surface area (Å²) in [4.78, 5) is 14.0. The highest BCUT2D eigenvalue weighted by Crippen LogP contribution is 2.24. The normalized spacial score (nSPS) is 17.9. The number of nitrogens with zero attached hydrogens (tertiary/aromatic N) is 1. The Morgan fingerprint density at radius 1 is 1.19 bits per heavy atom. The lowest BCUT2D eigenvalue weighted by Gasteiger charge is -2.31. The van der Waals surface area contributed by atoms with Gasteiger partial charge < -0.3 is 10.2 Å². The Morgan fingerprint density at radius 2 is 1.86 bits per heavy atom. The topological polar surface area (TPSA) is 32.3 Å². The molecule has 1 aliphatic heterocycles. The zero-order valence-corrected chi connectivity index (χ0v) is 13.8. The molecule has 2 rings (SSSR count). The fourth-order valence-electron chi connectivity index (χ4n) is 2.85. The number of amides is 1. The van der Waals surface area contributed by atoms with Gasteiger partial charge in [-0.15, -0.1) is 0 Å². The molecule has 3 nitrogen and oxygen atoms in total. The highest BCUT2D eigenvalue weighted by atomic mass is 16.2. The van der Waals surface area contributed by atoms with E-state index in [0.29, 0.717) is 12.3 Å². The van der Waals surface area contributed by atoms with Crippen LogP contribution in [0.25, 0.3) is 0 Å². The molecule has 1 heterocycles. The smallest absolute Gasteiger partial charge is 0.222 e. The summed E-state index contributed by atoms with van der Waals surface area (Å²) in [5, 5.41) is 3.35. The number of piperidine rings is 1. The minimum Gasteiger partial charge on any atom is -0.341 e. The molecule has 1 amide bonds. The standard InChI is InChI=1S/C18H28N2O/c1-18(2,3)15-10-8-14(9-11-15)16(19-4)13-20-12-6-5-7-17(20)21/h8-11,16,19H,5-7,12-13H2,1-4H3. The van der Waals surface area contributed by atoms with Crippen LogP contribution in [-0.2, 0) is 10.2 Å². The van der Waals surface area contributed by atoms with Gasteiger partial charge >= 0.3 is 0 Å². The van der Waals surface area contributed by atoms with Gasteiger partial charge in [0.25, 0.3) is 0 Å². The number of nitrogens with one attached hydrogen (secondary N) is 1. The molecule has 0 aromatic heterocycles. The number of rotatable bonds is 4. The van der Waals surface area contributed by atoms with Crippen LogP contribution in [0.15, 0.2) is 24.3 Å². The molecule has 3 heteroatoms. The van der Waals surface area contributed by atoms with E-state index < -0.39 is 0 Å². The number of likely N-dealkylation sites (tertiary alicyclic amines) is 1. The van der Waals surface area contributed by atoms with Crippen LogP contribution in [0.4, 0.5) is 0 Å². The molecule has 116 valence electrons. The Balaban J connectivity index is 2.08. The molecule has 0 aliphatic carbocycles. The molecular formula is C18H28N2O. The average Bonchev–Trinajstić information content (AvgIpc) is 2.46. The monoisotopic (exact) mass is 288 g/mol. The third-order valence-electron chi connectivity index (χ3n) is 4.35. The first kappa shape index (κ1) is 16.0. The third-order valence-corrected chi connectivity index (χ3v) is 4.35. The SMILES string of the molecule is CNC(CN1CCCCC1=O)c1ccc(C(C)(C)C)cc1. The fourth-order valence-corrected chi connectivity index (χ4v) is 2.85. The Kier molecular flexibility index (Phi) is 5.04. The van der Waals surface area contributed by atoms with Gasteiger partial charge in [-0.05, 0) is 36.4 Å². The summed E-state index contributed by atoms with van der Waals surface area (Å²) in [6.45, 7) is 8.35. The molecule has 1 aromatic rings. The van der Waals surface area contributed by atoms with E-state index in [4.69, 9.17) is 0 Å². The van der Waals surface area contributed by atoms with Crippen LogP contribution >= 0.6 is 0 Å². The summed E-state index contributed by atoms with van der Waals surface area (Å²) in [5.41, 5.74) is 2.77. The number of hydrogen-bond donors (Lipinski definition) is 1. The van der Waals surface area contributed by atoms with Crippen molar-refractivity contribution in [3.63, 3.8) is 0 Å². The van der Waals surface area contributed by atoms with Crippen LogP contribution in [-0.4, -0.2) is 30.9 Å². The van der Waals surface area contributed by atoms with Crippen molar-refractivity contribution in [2.45, 2.75) is 51.5 Å². The summed E-state index contributed by atoms with van der Waals surface area (Å²) in [7, 11) is 1.97. The highest BCUT2D eigenvalue weighted by Gasteiger charge is 2.22. The Morgan fingerprint density at radius 3 is 2.38 bits per heavy atom. The fraction of sp³-hybridized carbons (Fsp3) is 0.611. The van der Waals surface area contributed by atoms with Crippen LogP contribution in [0.2, 0.25) is 0 Å². The molecule has 1 aliphatic rings. The van der Waals surface area contributed by atoms with Gasteiger partial charge in [0.2, 0.25) is 5.91 Å². The maximum atomic E-state index is 12.0. The van der Waals surface area contributed by atoms with Crippen LogP contribution < -0.4 is 5.32 Å². The van der Waals surface area contributed by atoms with E-state index in [1.165, 1.54) is 11.1 Å². The average molecular weight is 288 g/mol. The van der Waals surface area contributed by atoms with E-state index >= 15 is 0 Å². The summed E-state index contributed by atoms with van der Waals surface area (Å²) < 4.78 is 0. The van der Waals surface area contributed by atoms with E-state index in [9.17, 15) is 4.79 Å². The Bertz CT molecular complexity index is 473. The third kappa shape index (κ3) is 4.07. The van der Waals surface area contributed by atoms with Gasteiger partial charge in [-0.3, -0.25) is 4.79 Å². The van der Waals surface area contributed by atoms with Gasteiger partial charge in [-0.25, -0.2) is 0 Å². The zero-order chi connectivity index (χ0) is 15.5. The first-order valence-corrected chi connectivity index (χ1v) is 7.97. The van der Waals surface area contributed by atoms with Crippen molar-refractivity contribution in [1.82, 2.24) is 10.2 Å². The number of carbonyl (C=O) groups excluding carboxylic acids is 1. The largest absolute Gasteiger partial charge is 0.341 e. The van der Waals surface area contributed by atoms with E-state index in [1.54, 1.807) is 0 Å². The summed E-state index contributed by atoms with van der Waals surface area (Å²) >= 11 is 0. The van der Waals surface area contributed by atoms with Crippen molar-refractivity contribution >= 4 is 5.91 Å². The van der Waals surface area contributed by atoms with Gasteiger partial charge in [0.05, 0.1) is 0 Å². The van der Waals surface area contributed by atoms with Gasteiger partial charge in [-0.2, -0.15) is 0 Å². The van der Waals surface area contributed by atoms with E-state index in [1.807, 2.05) is 11.9 Å². The summed E-state index contributed by atoms with van der Waals surface area (Å²) in [6.07, 6.45) is 2.88. The number of carbonyl (C=O) groups is 1. The molecule has 0 saturated carbocycles. The van der Waals surface area contributed by atoms with Crippen LogP contribution in [0.3, 0.4) is 0 Å². The lowest BCUT2D eigenvalue weighted by molar-refractivity contribution is -0.133. The maximum absolute atomic E-state index is 12.0. The van der Waals surface area contributed by atoms with E-state index in [-0.39, 0.29) is 11.5 Å². The summed E-state index contributed by atoms with van der Waals surface area (Å²) in [6, 6.07) is 9.00. The van der Waals surface area contributed by atoms with Crippen molar-refractivity contribution in [1.29, 1.82) is 0 Å². The molecule has 1 unspecified atom stereocenters. The Labute approximate surface area is 128 Å². The van der Waals surface area contributed by atoms with E-state index in [0.717, 1.165) is 25.9 Å². The zero-order valence-electron chi connectivity index (χ0n) is 13.8. The Hall–Kier alpha value is -1.35. The second-order valence-electron chi connectivity index (χ2n) is 7.01. The van der Waals surface area contributed by atoms with Crippen molar-refractivity contribution in [3.05, 3.63) is 35.4 Å². The maximum Gasteiger partial charge on any atom is 0.222 e. The van der Waals surface area contributed by atoms with E-state index in [2.05, 4.69) is 50.4 Å². The van der Waals surface area contributed by atoms with Crippen molar-refractivity contribution in [3.8, 4) is 0 Å². The predicted octanol–water partition coefficient (Wildman–Crippen LogP) is 3.26. The van der Waals surface area contributed by atoms with Crippen molar-refractivity contribution in [2.75, 3.05) is 20.1 Å². The minimum absolute atomic E-state index is 0.177. The van der Waals surface area contributed by atoms with Crippen molar-refractivity contribution < 1.29 is 4.79 Å².